The van der Waals surface area contributed by atoms with Gasteiger partial charge in [0.25, 0.3) is 0 Å². The topological polar surface area (TPSA) is 61.3 Å². The summed E-state index contributed by atoms with van der Waals surface area (Å²) in [7, 11) is 0. The quantitative estimate of drug-likeness (QED) is 0.841. The third-order valence-corrected chi connectivity index (χ3v) is 4.11. The number of nitrogens with zero attached hydrogens (tertiary/aromatic N) is 3. The molecule has 1 aliphatic heterocycles. The minimum absolute atomic E-state index is 0.268. The highest BCUT2D eigenvalue weighted by molar-refractivity contribution is 5.36. The number of aliphatic hydroxyl groups excluding tert-OH is 1. The molecule has 5 heteroatoms. The van der Waals surface area contributed by atoms with Crippen LogP contribution in [0.25, 0.3) is 0 Å². The number of nitrogens with one attached hydrogen (secondary N) is 1. The van der Waals surface area contributed by atoms with Crippen LogP contribution in [-0.4, -0.2) is 52.3 Å². The summed E-state index contributed by atoms with van der Waals surface area (Å²) >= 11 is 0. The zero-order valence-corrected chi connectivity index (χ0v) is 13.5. The molecule has 2 N–H and O–H groups in total. The first-order valence-electron chi connectivity index (χ1n) is 8.04. The van der Waals surface area contributed by atoms with E-state index in [4.69, 9.17) is 0 Å². The van der Waals surface area contributed by atoms with Gasteiger partial charge < -0.3 is 10.4 Å². The van der Waals surface area contributed by atoms with Crippen LogP contribution in [0, 0.1) is 6.92 Å². The molecule has 0 aliphatic carbocycles. The van der Waals surface area contributed by atoms with Gasteiger partial charge in [-0.25, -0.2) is 9.97 Å². The summed E-state index contributed by atoms with van der Waals surface area (Å²) in [5, 5.41) is 12.8. The number of rotatable bonds is 6. The zero-order chi connectivity index (χ0) is 15.2. The molecule has 1 aromatic heterocycles. The van der Waals surface area contributed by atoms with Crippen molar-refractivity contribution in [1.82, 2.24) is 14.9 Å². The lowest BCUT2D eigenvalue weighted by Crippen LogP contribution is -2.44. The molecule has 118 valence electrons. The summed E-state index contributed by atoms with van der Waals surface area (Å²) in [4.78, 5) is 11.3. The molecule has 1 aromatic rings. The van der Waals surface area contributed by atoms with E-state index in [9.17, 15) is 5.11 Å². The molecule has 0 saturated carbocycles. The van der Waals surface area contributed by atoms with E-state index in [0.717, 1.165) is 43.4 Å². The van der Waals surface area contributed by atoms with Gasteiger partial charge in [0.05, 0.1) is 6.61 Å². The molecule has 1 unspecified atom stereocenters. The van der Waals surface area contributed by atoms with E-state index in [1.807, 2.05) is 13.0 Å². The van der Waals surface area contributed by atoms with E-state index in [-0.39, 0.29) is 6.61 Å². The van der Waals surface area contributed by atoms with Crippen LogP contribution in [0.1, 0.15) is 50.5 Å². The first-order chi connectivity index (χ1) is 10.1. The normalized spacial score (nSPS) is 20.0. The summed E-state index contributed by atoms with van der Waals surface area (Å²) in [6.45, 7) is 9.38. The van der Waals surface area contributed by atoms with E-state index in [1.165, 1.54) is 12.8 Å². The minimum Gasteiger partial charge on any atom is -0.395 e. The molecule has 0 radical (unpaired) electrons. The minimum atomic E-state index is 0.268. The summed E-state index contributed by atoms with van der Waals surface area (Å²) in [5.41, 5.74) is 1.08. The average Bonchev–Trinajstić information content (AvgIpc) is 2.47. The largest absolute Gasteiger partial charge is 0.395 e. The lowest BCUT2D eigenvalue weighted by atomic mass is 10.0. The second kappa shape index (κ2) is 7.71. The van der Waals surface area contributed by atoms with E-state index < -0.39 is 0 Å². The van der Waals surface area contributed by atoms with Crippen LogP contribution in [0.2, 0.25) is 0 Å². The highest BCUT2D eigenvalue weighted by atomic mass is 16.3. The summed E-state index contributed by atoms with van der Waals surface area (Å²) in [6, 6.07) is 2.37. The maximum Gasteiger partial charge on any atom is 0.129 e. The Bertz CT molecular complexity index is 450. The van der Waals surface area contributed by atoms with Crippen molar-refractivity contribution in [2.24, 2.45) is 0 Å². The molecule has 1 saturated heterocycles. The van der Waals surface area contributed by atoms with E-state index >= 15 is 0 Å². The number of aliphatic hydroxyl groups is 1. The maximum absolute atomic E-state index is 9.43. The van der Waals surface area contributed by atoms with Gasteiger partial charge in [-0.05, 0) is 32.2 Å². The maximum atomic E-state index is 9.43. The van der Waals surface area contributed by atoms with Gasteiger partial charge in [-0.2, -0.15) is 0 Å². The monoisotopic (exact) mass is 292 g/mol. The first-order valence-corrected chi connectivity index (χ1v) is 8.04. The molecule has 21 heavy (non-hydrogen) atoms. The standard InChI is InChI=1S/C16H28N4O/c1-12(2)15-10-16(19-13(3)18-15)17-7-9-20-8-5-4-6-14(20)11-21/h10,12,14,21H,4-9,11H2,1-3H3,(H,17,18,19). The number of likely N-dealkylation sites (tertiary alicyclic amines) is 1. The van der Waals surface area contributed by atoms with Crippen molar-refractivity contribution in [3.63, 3.8) is 0 Å². The van der Waals surface area contributed by atoms with Crippen molar-refractivity contribution < 1.29 is 5.11 Å². The van der Waals surface area contributed by atoms with Crippen molar-refractivity contribution in [2.45, 2.75) is 52.0 Å². The van der Waals surface area contributed by atoms with Gasteiger partial charge in [0.1, 0.15) is 11.6 Å². The van der Waals surface area contributed by atoms with Gasteiger partial charge in [0.15, 0.2) is 0 Å². The molecular formula is C16H28N4O. The Balaban J connectivity index is 1.88. The predicted octanol–water partition coefficient (Wildman–Crippen LogP) is 2.17. The molecule has 0 aromatic carbocycles. The van der Waals surface area contributed by atoms with Crippen molar-refractivity contribution in [1.29, 1.82) is 0 Å². The van der Waals surface area contributed by atoms with E-state index in [0.29, 0.717) is 12.0 Å². The Morgan fingerprint density at radius 2 is 2.19 bits per heavy atom. The zero-order valence-electron chi connectivity index (χ0n) is 13.5. The molecule has 0 amide bonds. The Hall–Kier alpha value is -1.20. The third kappa shape index (κ3) is 4.64. The van der Waals surface area contributed by atoms with Crippen LogP contribution < -0.4 is 5.32 Å². The smallest absolute Gasteiger partial charge is 0.129 e. The summed E-state index contributed by atoms with van der Waals surface area (Å²) < 4.78 is 0. The van der Waals surface area contributed by atoms with Gasteiger partial charge in [-0.15, -0.1) is 0 Å². The van der Waals surface area contributed by atoms with E-state index in [1.54, 1.807) is 0 Å². The van der Waals surface area contributed by atoms with Crippen LogP contribution in [0.4, 0.5) is 5.82 Å². The molecule has 0 bridgehead atoms. The molecule has 1 fully saturated rings. The van der Waals surface area contributed by atoms with Gasteiger partial charge in [-0.1, -0.05) is 20.3 Å². The lowest BCUT2D eigenvalue weighted by Gasteiger charge is -2.34. The van der Waals surface area contributed by atoms with Gasteiger partial charge in [0.2, 0.25) is 0 Å². The number of hydrogen-bond donors (Lipinski definition) is 2. The molecule has 1 aliphatic rings. The fourth-order valence-corrected chi connectivity index (χ4v) is 2.87. The number of piperidine rings is 1. The third-order valence-electron chi connectivity index (χ3n) is 4.11. The fraction of sp³-hybridized carbons (Fsp3) is 0.750. The lowest BCUT2D eigenvalue weighted by molar-refractivity contribution is 0.0940. The SMILES string of the molecule is Cc1nc(NCCN2CCCCC2CO)cc(C(C)C)n1. The molecular weight excluding hydrogens is 264 g/mol. The average molecular weight is 292 g/mol. The fourth-order valence-electron chi connectivity index (χ4n) is 2.87. The van der Waals surface area contributed by atoms with Gasteiger partial charge in [0, 0.05) is 30.9 Å². The highest BCUT2D eigenvalue weighted by Crippen LogP contribution is 2.17. The highest BCUT2D eigenvalue weighted by Gasteiger charge is 2.20. The molecule has 2 rings (SSSR count). The Kier molecular flexibility index (Phi) is 5.94. The van der Waals surface area contributed by atoms with Crippen LogP contribution >= 0.6 is 0 Å². The van der Waals surface area contributed by atoms with E-state index in [2.05, 4.69) is 34.0 Å². The van der Waals surface area contributed by atoms with Crippen molar-refractivity contribution in [3.8, 4) is 0 Å². The predicted molar refractivity (Wildman–Crippen MR) is 85.6 cm³/mol. The number of anilines is 1. The van der Waals surface area contributed by atoms with Crippen molar-refractivity contribution in [2.75, 3.05) is 31.6 Å². The van der Waals surface area contributed by atoms with Crippen molar-refractivity contribution in [3.05, 3.63) is 17.6 Å². The van der Waals surface area contributed by atoms with Crippen LogP contribution in [-0.2, 0) is 0 Å². The van der Waals surface area contributed by atoms with Crippen LogP contribution in [0.3, 0.4) is 0 Å². The summed E-state index contributed by atoms with van der Waals surface area (Å²) in [5.74, 6) is 2.13. The molecule has 5 nitrogen and oxygen atoms in total. The van der Waals surface area contributed by atoms with Crippen LogP contribution in [0.5, 0.6) is 0 Å². The Morgan fingerprint density at radius 1 is 1.38 bits per heavy atom. The Morgan fingerprint density at radius 3 is 2.90 bits per heavy atom. The Labute approximate surface area is 127 Å². The first kappa shape index (κ1) is 16.2. The number of aromatic nitrogens is 2. The van der Waals surface area contributed by atoms with Gasteiger partial charge >= 0.3 is 0 Å². The second-order valence-electron chi connectivity index (χ2n) is 6.17. The molecule has 2 heterocycles. The number of aryl methyl sites for hydroxylation is 1. The van der Waals surface area contributed by atoms with Crippen LogP contribution in [0.15, 0.2) is 6.07 Å². The van der Waals surface area contributed by atoms with Crippen molar-refractivity contribution >= 4 is 5.82 Å². The molecule has 1 atom stereocenters. The molecule has 0 spiro atoms. The number of hydrogen-bond acceptors (Lipinski definition) is 5. The van der Waals surface area contributed by atoms with Gasteiger partial charge in [-0.3, -0.25) is 4.90 Å². The second-order valence-corrected chi connectivity index (χ2v) is 6.17. The summed E-state index contributed by atoms with van der Waals surface area (Å²) in [6.07, 6.45) is 3.58.